The van der Waals surface area contributed by atoms with Crippen molar-refractivity contribution in [3.05, 3.63) is 35.2 Å². The Hall–Kier alpha value is -2.02. The van der Waals surface area contributed by atoms with E-state index in [9.17, 15) is 4.79 Å². The second-order valence-electron chi connectivity index (χ2n) is 7.93. The molecule has 2 aromatic rings. The smallest absolute Gasteiger partial charge is 0.230 e. The van der Waals surface area contributed by atoms with Crippen LogP contribution in [-0.2, 0) is 17.9 Å². The summed E-state index contributed by atoms with van der Waals surface area (Å²) in [7, 11) is 0. The van der Waals surface area contributed by atoms with Crippen LogP contribution in [0.25, 0.3) is 0 Å². The summed E-state index contributed by atoms with van der Waals surface area (Å²) in [5, 5.41) is 12.5. The van der Waals surface area contributed by atoms with Crippen LogP contribution in [0, 0.1) is 19.8 Å². The van der Waals surface area contributed by atoms with Gasteiger partial charge in [-0.3, -0.25) is 4.79 Å². The fourth-order valence-corrected chi connectivity index (χ4v) is 4.70. The first-order valence-corrected chi connectivity index (χ1v) is 11.5. The lowest BCUT2D eigenvalue weighted by atomic mass is 9.86. The standard InChI is InChI=1S/C22H32N4O2S/c1-5-26-20(13-28-19-11-10-15(2)12-17(19)4)24-25-22(26)29-14-21(27)23-18-9-7-6-8-16(18)3/h10-12,16,18H,5-9,13-14H2,1-4H3,(H,23,27)/t16-,18-/m1/s1. The number of rotatable bonds is 8. The molecule has 0 unspecified atom stereocenters. The molecule has 0 saturated heterocycles. The number of carbonyl (C=O) groups is 1. The molecule has 1 heterocycles. The van der Waals surface area contributed by atoms with Crippen molar-refractivity contribution in [2.24, 2.45) is 5.92 Å². The van der Waals surface area contributed by atoms with Crippen LogP contribution in [0.1, 0.15) is 56.5 Å². The number of aromatic nitrogens is 3. The maximum Gasteiger partial charge on any atom is 0.230 e. The van der Waals surface area contributed by atoms with E-state index in [0.29, 0.717) is 24.3 Å². The minimum Gasteiger partial charge on any atom is -0.485 e. The fourth-order valence-electron chi connectivity index (χ4n) is 3.86. The fraction of sp³-hybridized carbons (Fsp3) is 0.591. The summed E-state index contributed by atoms with van der Waals surface area (Å²) in [4.78, 5) is 12.4. The van der Waals surface area contributed by atoms with Gasteiger partial charge in [0, 0.05) is 12.6 Å². The molecule has 1 aliphatic rings. The van der Waals surface area contributed by atoms with E-state index in [1.165, 1.54) is 36.6 Å². The number of hydrogen-bond acceptors (Lipinski definition) is 5. The Balaban J connectivity index is 1.55. The number of nitrogens with zero attached hydrogens (tertiary/aromatic N) is 3. The van der Waals surface area contributed by atoms with Gasteiger partial charge in [-0.2, -0.15) is 0 Å². The van der Waals surface area contributed by atoms with Crippen molar-refractivity contribution in [3.8, 4) is 5.75 Å². The van der Waals surface area contributed by atoms with Gasteiger partial charge in [0.05, 0.1) is 5.75 Å². The summed E-state index contributed by atoms with van der Waals surface area (Å²) in [6.45, 7) is 9.49. The number of ether oxygens (including phenoxy) is 1. The Morgan fingerprint density at radius 2 is 2.07 bits per heavy atom. The number of hydrogen-bond donors (Lipinski definition) is 1. The molecule has 1 aromatic heterocycles. The van der Waals surface area contributed by atoms with E-state index in [-0.39, 0.29) is 5.91 Å². The van der Waals surface area contributed by atoms with Crippen LogP contribution in [0.2, 0.25) is 0 Å². The molecule has 1 aliphatic carbocycles. The summed E-state index contributed by atoms with van der Waals surface area (Å²) in [6.07, 6.45) is 4.76. The normalized spacial score (nSPS) is 19.2. The topological polar surface area (TPSA) is 69.0 Å². The SMILES string of the molecule is CCn1c(COc2ccc(C)cc2C)nnc1SCC(=O)N[C@@H]1CCCC[C@H]1C. The lowest BCUT2D eigenvalue weighted by Gasteiger charge is -2.29. The Morgan fingerprint density at radius 3 is 2.79 bits per heavy atom. The highest BCUT2D eigenvalue weighted by Crippen LogP contribution is 2.25. The van der Waals surface area contributed by atoms with Crippen LogP contribution in [0.4, 0.5) is 0 Å². The first-order valence-electron chi connectivity index (χ1n) is 10.5. The molecule has 0 aliphatic heterocycles. The molecule has 1 N–H and O–H groups in total. The number of benzene rings is 1. The average molecular weight is 417 g/mol. The number of thioether (sulfide) groups is 1. The van der Waals surface area contributed by atoms with Crippen LogP contribution in [0.3, 0.4) is 0 Å². The van der Waals surface area contributed by atoms with Crippen LogP contribution in [0.5, 0.6) is 5.75 Å². The minimum atomic E-state index is 0.0764. The van der Waals surface area contributed by atoms with Crippen LogP contribution < -0.4 is 10.1 Å². The van der Waals surface area contributed by atoms with Crippen molar-refractivity contribution in [2.45, 2.75) is 77.7 Å². The van der Waals surface area contributed by atoms with Gasteiger partial charge in [-0.05, 0) is 51.2 Å². The van der Waals surface area contributed by atoms with Crippen molar-refractivity contribution < 1.29 is 9.53 Å². The number of carbonyl (C=O) groups excluding carboxylic acids is 1. The van der Waals surface area contributed by atoms with Gasteiger partial charge in [0.15, 0.2) is 11.0 Å². The molecule has 1 amide bonds. The van der Waals surface area contributed by atoms with Gasteiger partial charge in [0.2, 0.25) is 5.91 Å². The maximum absolute atomic E-state index is 12.4. The largest absolute Gasteiger partial charge is 0.485 e. The molecule has 1 saturated carbocycles. The molecule has 0 radical (unpaired) electrons. The predicted molar refractivity (Wildman–Crippen MR) is 116 cm³/mol. The van der Waals surface area contributed by atoms with Crippen molar-refractivity contribution in [3.63, 3.8) is 0 Å². The summed E-state index contributed by atoms with van der Waals surface area (Å²) < 4.78 is 7.98. The summed E-state index contributed by atoms with van der Waals surface area (Å²) in [6, 6.07) is 6.44. The van der Waals surface area contributed by atoms with Crippen molar-refractivity contribution >= 4 is 17.7 Å². The Bertz CT molecular complexity index is 836. The van der Waals surface area contributed by atoms with Gasteiger partial charge in [-0.1, -0.05) is 49.2 Å². The molecule has 1 aromatic carbocycles. The molecule has 29 heavy (non-hydrogen) atoms. The van der Waals surface area contributed by atoms with E-state index in [1.807, 2.05) is 23.6 Å². The quantitative estimate of drug-likeness (QED) is 0.651. The molecule has 1 fully saturated rings. The predicted octanol–water partition coefficient (Wildman–Crippen LogP) is 4.28. The zero-order valence-corrected chi connectivity index (χ0v) is 18.7. The molecule has 7 heteroatoms. The summed E-state index contributed by atoms with van der Waals surface area (Å²) in [5.74, 6) is 2.63. The molecule has 0 bridgehead atoms. The van der Waals surface area contributed by atoms with E-state index in [0.717, 1.165) is 35.3 Å². The number of nitrogens with one attached hydrogen (secondary N) is 1. The minimum absolute atomic E-state index is 0.0764. The molecule has 0 spiro atoms. The second kappa shape index (κ2) is 10.1. The first-order chi connectivity index (χ1) is 14.0. The monoisotopic (exact) mass is 416 g/mol. The van der Waals surface area contributed by atoms with E-state index in [2.05, 4.69) is 42.4 Å². The molecule has 158 valence electrons. The Morgan fingerprint density at radius 1 is 1.28 bits per heavy atom. The summed E-state index contributed by atoms with van der Waals surface area (Å²) in [5.41, 5.74) is 2.32. The zero-order valence-electron chi connectivity index (χ0n) is 17.9. The molecule has 3 rings (SSSR count). The third kappa shape index (κ3) is 5.75. The van der Waals surface area contributed by atoms with E-state index < -0.39 is 0 Å². The highest BCUT2D eigenvalue weighted by Gasteiger charge is 2.23. The maximum atomic E-state index is 12.4. The number of aryl methyl sites for hydroxylation is 2. The average Bonchev–Trinajstić information content (AvgIpc) is 3.09. The first kappa shape index (κ1) is 21.7. The van der Waals surface area contributed by atoms with Gasteiger partial charge in [0.1, 0.15) is 12.4 Å². The third-order valence-electron chi connectivity index (χ3n) is 5.59. The third-order valence-corrected chi connectivity index (χ3v) is 6.55. The van der Waals surface area contributed by atoms with E-state index in [1.54, 1.807) is 0 Å². The zero-order chi connectivity index (χ0) is 20.8. The van der Waals surface area contributed by atoms with Crippen LogP contribution >= 0.6 is 11.8 Å². The highest BCUT2D eigenvalue weighted by molar-refractivity contribution is 7.99. The lowest BCUT2D eigenvalue weighted by molar-refractivity contribution is -0.119. The lowest BCUT2D eigenvalue weighted by Crippen LogP contribution is -2.41. The molecular weight excluding hydrogens is 384 g/mol. The van der Waals surface area contributed by atoms with Crippen molar-refractivity contribution in [1.29, 1.82) is 0 Å². The van der Waals surface area contributed by atoms with E-state index in [4.69, 9.17) is 4.74 Å². The Labute approximate surface area is 177 Å². The summed E-state index contributed by atoms with van der Waals surface area (Å²) >= 11 is 1.44. The van der Waals surface area contributed by atoms with Gasteiger partial charge < -0.3 is 14.6 Å². The van der Waals surface area contributed by atoms with Gasteiger partial charge in [-0.25, -0.2) is 0 Å². The van der Waals surface area contributed by atoms with Crippen LogP contribution in [-0.4, -0.2) is 32.5 Å². The molecule has 6 nitrogen and oxygen atoms in total. The van der Waals surface area contributed by atoms with Gasteiger partial charge in [-0.15, -0.1) is 10.2 Å². The number of amides is 1. The molecular formula is C22H32N4O2S. The van der Waals surface area contributed by atoms with Gasteiger partial charge >= 0.3 is 0 Å². The highest BCUT2D eigenvalue weighted by atomic mass is 32.2. The van der Waals surface area contributed by atoms with Crippen molar-refractivity contribution in [2.75, 3.05) is 5.75 Å². The van der Waals surface area contributed by atoms with E-state index >= 15 is 0 Å². The molecule has 2 atom stereocenters. The Kier molecular flexibility index (Phi) is 7.58. The second-order valence-corrected chi connectivity index (χ2v) is 8.87. The van der Waals surface area contributed by atoms with Crippen LogP contribution in [0.15, 0.2) is 23.4 Å². The van der Waals surface area contributed by atoms with Crippen molar-refractivity contribution in [1.82, 2.24) is 20.1 Å². The van der Waals surface area contributed by atoms with Gasteiger partial charge in [0.25, 0.3) is 0 Å².